The fourth-order valence-corrected chi connectivity index (χ4v) is 3.17. The minimum absolute atomic E-state index is 0.224. The van der Waals surface area contributed by atoms with E-state index in [0.29, 0.717) is 0 Å². The maximum absolute atomic E-state index is 10.6. The zero-order chi connectivity index (χ0) is 16.1. The minimum atomic E-state index is -0.232. The second-order valence-corrected chi connectivity index (χ2v) is 7.16. The van der Waals surface area contributed by atoms with Crippen molar-refractivity contribution >= 4 is 6.29 Å². The van der Waals surface area contributed by atoms with Crippen molar-refractivity contribution in [1.29, 1.82) is 0 Å². The van der Waals surface area contributed by atoms with Gasteiger partial charge in [0.05, 0.1) is 0 Å². The van der Waals surface area contributed by atoms with Crippen LogP contribution in [-0.2, 0) is 4.79 Å². The van der Waals surface area contributed by atoms with Crippen molar-refractivity contribution in [1.82, 2.24) is 0 Å². The van der Waals surface area contributed by atoms with Crippen LogP contribution in [0.25, 0.3) is 0 Å². The summed E-state index contributed by atoms with van der Waals surface area (Å²) in [4.78, 5) is 10.6. The van der Waals surface area contributed by atoms with Gasteiger partial charge in [0.1, 0.15) is 6.29 Å². The van der Waals surface area contributed by atoms with E-state index in [0.717, 1.165) is 31.1 Å². The Balaban J connectivity index is 2.96. The van der Waals surface area contributed by atoms with Crippen molar-refractivity contribution in [3.05, 3.63) is 34.9 Å². The van der Waals surface area contributed by atoms with Gasteiger partial charge in [-0.2, -0.15) is 0 Å². The van der Waals surface area contributed by atoms with E-state index in [2.05, 4.69) is 45.8 Å². The van der Waals surface area contributed by atoms with Crippen molar-refractivity contribution < 1.29 is 4.79 Å². The van der Waals surface area contributed by atoms with Gasteiger partial charge in [-0.1, -0.05) is 43.1 Å². The second kappa shape index (κ2) is 6.94. The van der Waals surface area contributed by atoms with Crippen LogP contribution in [0.3, 0.4) is 0 Å². The average Bonchev–Trinajstić information content (AvgIpc) is 2.37. The fraction of sp³-hybridized carbons (Fsp3) is 0.550. The smallest absolute Gasteiger partial charge is 0.142 e. The summed E-state index contributed by atoms with van der Waals surface area (Å²) < 4.78 is 0. The van der Waals surface area contributed by atoms with Crippen LogP contribution in [0.15, 0.2) is 34.9 Å². The third-order valence-electron chi connectivity index (χ3n) is 4.50. The quantitative estimate of drug-likeness (QED) is 0.383. The number of allylic oxidation sites excluding steroid dienone is 6. The number of carbonyl (C=O) groups is 1. The lowest BCUT2D eigenvalue weighted by atomic mass is 9.71. The molecule has 0 radical (unpaired) electrons. The van der Waals surface area contributed by atoms with Crippen molar-refractivity contribution in [2.45, 2.75) is 60.3 Å². The molecular weight excluding hydrogens is 256 g/mol. The molecule has 21 heavy (non-hydrogen) atoms. The molecule has 0 aromatic carbocycles. The molecule has 0 spiro atoms. The highest BCUT2D eigenvalue weighted by molar-refractivity contribution is 5.65. The highest BCUT2D eigenvalue weighted by Crippen LogP contribution is 2.42. The van der Waals surface area contributed by atoms with Crippen molar-refractivity contribution in [3.8, 4) is 12.3 Å². The molecule has 1 nitrogen and oxygen atoms in total. The van der Waals surface area contributed by atoms with Crippen molar-refractivity contribution in [2.75, 3.05) is 0 Å². The van der Waals surface area contributed by atoms with Crippen LogP contribution < -0.4 is 0 Å². The Labute approximate surface area is 130 Å². The van der Waals surface area contributed by atoms with E-state index >= 15 is 0 Å². The van der Waals surface area contributed by atoms with Crippen LogP contribution in [0.2, 0.25) is 0 Å². The van der Waals surface area contributed by atoms with Crippen molar-refractivity contribution in [3.63, 3.8) is 0 Å². The Morgan fingerprint density at radius 3 is 2.71 bits per heavy atom. The van der Waals surface area contributed by atoms with Crippen molar-refractivity contribution in [2.24, 2.45) is 10.8 Å². The van der Waals surface area contributed by atoms with Gasteiger partial charge < -0.3 is 0 Å². The van der Waals surface area contributed by atoms with E-state index in [1.807, 2.05) is 6.92 Å². The van der Waals surface area contributed by atoms with Gasteiger partial charge >= 0.3 is 0 Å². The first-order chi connectivity index (χ1) is 9.74. The average molecular weight is 284 g/mol. The molecule has 1 atom stereocenters. The molecule has 0 saturated carbocycles. The Hall–Kier alpha value is -1.55. The molecule has 1 heteroatoms. The zero-order valence-electron chi connectivity index (χ0n) is 14.1. The number of hydrogen-bond acceptors (Lipinski definition) is 1. The van der Waals surface area contributed by atoms with Gasteiger partial charge in [-0.3, -0.25) is 4.79 Å². The Morgan fingerprint density at radius 1 is 1.52 bits per heavy atom. The Morgan fingerprint density at radius 2 is 2.19 bits per heavy atom. The molecule has 1 rings (SSSR count). The SMILES string of the molecule is C#CC(C)(C/C=C1\C(C)=CCCC1(C)C)C/C(C)=C/C=O. The number of rotatable bonds is 5. The maximum Gasteiger partial charge on any atom is 0.142 e. The number of hydrogen-bond donors (Lipinski definition) is 0. The predicted octanol–water partition coefficient (Wildman–Crippen LogP) is 5.24. The lowest BCUT2D eigenvalue weighted by molar-refractivity contribution is -0.104. The summed E-state index contributed by atoms with van der Waals surface area (Å²) in [6.45, 7) is 10.9. The van der Waals surface area contributed by atoms with E-state index < -0.39 is 0 Å². The first kappa shape index (κ1) is 17.5. The Kier molecular flexibility index (Phi) is 5.78. The van der Waals surface area contributed by atoms with Gasteiger partial charge in [-0.05, 0) is 63.5 Å². The summed E-state index contributed by atoms with van der Waals surface area (Å²) >= 11 is 0. The highest BCUT2D eigenvalue weighted by atomic mass is 16.1. The van der Waals surface area contributed by atoms with Gasteiger partial charge in [0.25, 0.3) is 0 Å². The first-order valence-electron chi connectivity index (χ1n) is 7.70. The molecule has 1 aliphatic rings. The molecule has 0 bridgehead atoms. The monoisotopic (exact) mass is 284 g/mol. The number of terminal acetylenes is 1. The summed E-state index contributed by atoms with van der Waals surface area (Å²) in [5, 5.41) is 0. The largest absolute Gasteiger partial charge is 0.299 e. The second-order valence-electron chi connectivity index (χ2n) is 7.16. The van der Waals surface area contributed by atoms with Crippen LogP contribution in [0.1, 0.15) is 60.3 Å². The summed E-state index contributed by atoms with van der Waals surface area (Å²) in [5.74, 6) is 2.93. The number of aldehydes is 1. The van der Waals surface area contributed by atoms with Gasteiger partial charge in [-0.25, -0.2) is 0 Å². The lowest BCUT2D eigenvalue weighted by Gasteiger charge is -2.33. The van der Waals surface area contributed by atoms with Gasteiger partial charge in [0.15, 0.2) is 0 Å². The highest BCUT2D eigenvalue weighted by Gasteiger charge is 2.28. The van der Waals surface area contributed by atoms with Crippen LogP contribution >= 0.6 is 0 Å². The summed E-state index contributed by atoms with van der Waals surface area (Å²) in [6, 6.07) is 0. The minimum Gasteiger partial charge on any atom is -0.299 e. The topological polar surface area (TPSA) is 17.1 Å². The molecule has 0 fully saturated rings. The van der Waals surface area contributed by atoms with E-state index in [4.69, 9.17) is 6.42 Å². The molecule has 0 aliphatic heterocycles. The molecule has 1 aliphatic carbocycles. The molecule has 0 heterocycles. The first-order valence-corrected chi connectivity index (χ1v) is 7.70. The fourth-order valence-electron chi connectivity index (χ4n) is 3.17. The van der Waals surface area contributed by atoms with E-state index in [9.17, 15) is 4.79 Å². The summed E-state index contributed by atoms with van der Waals surface area (Å²) in [5.41, 5.74) is 3.84. The Bertz CT molecular complexity index is 523. The van der Waals surface area contributed by atoms with Gasteiger partial charge in [0, 0.05) is 5.41 Å². The summed E-state index contributed by atoms with van der Waals surface area (Å²) in [7, 11) is 0. The zero-order valence-corrected chi connectivity index (χ0v) is 14.1. The van der Waals surface area contributed by atoms with E-state index in [1.165, 1.54) is 17.6 Å². The van der Waals surface area contributed by atoms with E-state index in [1.54, 1.807) is 6.08 Å². The predicted molar refractivity (Wildman–Crippen MR) is 90.9 cm³/mol. The molecule has 0 saturated heterocycles. The molecule has 114 valence electrons. The number of carbonyl (C=O) groups excluding carboxylic acids is 1. The lowest BCUT2D eigenvalue weighted by Crippen LogP contribution is -2.20. The molecular formula is C20H28O. The maximum atomic E-state index is 10.6. The third-order valence-corrected chi connectivity index (χ3v) is 4.50. The standard InChI is InChI=1S/C20H28O/c1-7-20(6,15-16(2)11-14-21)13-10-18-17(3)9-8-12-19(18,4)5/h1,9-11,14H,8,12-13,15H2,2-6H3/b16-11+,18-10+. The normalized spacial score (nSPS) is 23.1. The summed E-state index contributed by atoms with van der Waals surface area (Å²) in [6.07, 6.45) is 16.8. The molecule has 1 unspecified atom stereocenters. The molecule has 0 N–H and O–H groups in total. The molecule has 0 amide bonds. The van der Waals surface area contributed by atoms with Crippen LogP contribution in [0, 0.1) is 23.2 Å². The van der Waals surface area contributed by atoms with Crippen LogP contribution in [-0.4, -0.2) is 6.29 Å². The molecule has 0 aromatic rings. The molecule has 0 aromatic heterocycles. The van der Waals surface area contributed by atoms with Crippen LogP contribution in [0.4, 0.5) is 0 Å². The van der Waals surface area contributed by atoms with Gasteiger partial charge in [-0.15, -0.1) is 6.42 Å². The van der Waals surface area contributed by atoms with Gasteiger partial charge in [0.2, 0.25) is 0 Å². The van der Waals surface area contributed by atoms with Crippen LogP contribution in [0.5, 0.6) is 0 Å². The third kappa shape index (κ3) is 4.74. The van der Waals surface area contributed by atoms with E-state index in [-0.39, 0.29) is 10.8 Å².